The highest BCUT2D eigenvalue weighted by Gasteiger charge is 2.23. The molecule has 1 N–H and O–H groups in total. The molecule has 0 aliphatic heterocycles. The van der Waals surface area contributed by atoms with Crippen molar-refractivity contribution in [2.45, 2.75) is 20.8 Å². The normalized spacial score (nSPS) is 10.9. The van der Waals surface area contributed by atoms with Crippen molar-refractivity contribution in [2.24, 2.45) is 5.92 Å². The summed E-state index contributed by atoms with van der Waals surface area (Å²) in [7, 11) is 0. The molecule has 0 spiro atoms. The Labute approximate surface area is 145 Å². The van der Waals surface area contributed by atoms with Crippen LogP contribution in [0.4, 0.5) is 0 Å². The van der Waals surface area contributed by atoms with E-state index in [4.69, 9.17) is 16.7 Å². The van der Waals surface area contributed by atoms with Crippen LogP contribution in [-0.4, -0.2) is 44.8 Å². The zero-order valence-corrected chi connectivity index (χ0v) is 14.6. The summed E-state index contributed by atoms with van der Waals surface area (Å²) in [5.41, 5.74) is 1.83. The smallest absolute Gasteiger partial charge is 0.323 e. The van der Waals surface area contributed by atoms with Crippen molar-refractivity contribution in [3.8, 4) is 5.69 Å². The van der Waals surface area contributed by atoms with Gasteiger partial charge in [0, 0.05) is 11.6 Å². The first kappa shape index (κ1) is 18.0. The molecule has 0 radical (unpaired) electrons. The van der Waals surface area contributed by atoms with Gasteiger partial charge < -0.3 is 10.0 Å². The Morgan fingerprint density at radius 1 is 1.29 bits per heavy atom. The Balaban J connectivity index is 2.32. The van der Waals surface area contributed by atoms with Crippen molar-refractivity contribution < 1.29 is 14.7 Å². The highest BCUT2D eigenvalue weighted by molar-refractivity contribution is 6.30. The molecule has 0 saturated heterocycles. The molecule has 1 heterocycles. The zero-order valence-electron chi connectivity index (χ0n) is 13.9. The van der Waals surface area contributed by atoms with Crippen molar-refractivity contribution >= 4 is 23.5 Å². The van der Waals surface area contributed by atoms with Crippen LogP contribution in [0.5, 0.6) is 0 Å². The molecule has 0 aliphatic rings. The Morgan fingerprint density at radius 2 is 1.92 bits per heavy atom. The van der Waals surface area contributed by atoms with Crippen LogP contribution in [0.15, 0.2) is 30.5 Å². The van der Waals surface area contributed by atoms with E-state index in [1.54, 1.807) is 35.9 Å². The van der Waals surface area contributed by atoms with Crippen molar-refractivity contribution in [2.75, 3.05) is 13.1 Å². The molecule has 0 fully saturated rings. The summed E-state index contributed by atoms with van der Waals surface area (Å²) in [6.07, 6.45) is 1.47. The highest BCUT2D eigenvalue weighted by atomic mass is 35.5. The van der Waals surface area contributed by atoms with Crippen LogP contribution in [0.3, 0.4) is 0 Å². The van der Waals surface area contributed by atoms with E-state index in [1.165, 1.54) is 11.1 Å². The van der Waals surface area contributed by atoms with Crippen molar-refractivity contribution in [3.63, 3.8) is 0 Å². The maximum absolute atomic E-state index is 12.7. The van der Waals surface area contributed by atoms with E-state index in [-0.39, 0.29) is 18.4 Å². The molecule has 1 amide bonds. The number of rotatable bonds is 6. The van der Waals surface area contributed by atoms with Crippen LogP contribution in [0, 0.1) is 12.8 Å². The summed E-state index contributed by atoms with van der Waals surface area (Å²) in [6, 6.07) is 7.10. The van der Waals surface area contributed by atoms with Gasteiger partial charge in [-0.25, -0.2) is 4.68 Å². The van der Waals surface area contributed by atoms with Gasteiger partial charge in [-0.2, -0.15) is 5.10 Å². The SMILES string of the molecule is Cc1c(C(=O)N(CC(=O)O)CC(C)C)cnn1-c1ccc(Cl)cc1. The van der Waals surface area contributed by atoms with Gasteiger partial charge in [0.05, 0.1) is 23.1 Å². The predicted octanol–water partition coefficient (Wildman–Crippen LogP) is 3.02. The third-order valence-corrected chi connectivity index (χ3v) is 3.76. The van der Waals surface area contributed by atoms with Crippen LogP contribution in [0.1, 0.15) is 29.9 Å². The van der Waals surface area contributed by atoms with E-state index in [0.29, 0.717) is 22.8 Å². The number of hydrogen-bond donors (Lipinski definition) is 1. The van der Waals surface area contributed by atoms with Gasteiger partial charge in [0.2, 0.25) is 0 Å². The number of carboxylic acids is 1. The van der Waals surface area contributed by atoms with E-state index >= 15 is 0 Å². The third-order valence-electron chi connectivity index (χ3n) is 3.51. The second kappa shape index (κ2) is 7.49. The fourth-order valence-corrected chi connectivity index (χ4v) is 2.58. The fourth-order valence-electron chi connectivity index (χ4n) is 2.46. The summed E-state index contributed by atoms with van der Waals surface area (Å²) >= 11 is 5.89. The van der Waals surface area contributed by atoms with Crippen molar-refractivity contribution in [1.82, 2.24) is 14.7 Å². The number of nitrogens with zero attached hydrogens (tertiary/aromatic N) is 3. The molecule has 7 heteroatoms. The first-order chi connectivity index (χ1) is 11.3. The van der Waals surface area contributed by atoms with Crippen molar-refractivity contribution in [3.05, 3.63) is 46.7 Å². The molecule has 0 unspecified atom stereocenters. The quantitative estimate of drug-likeness (QED) is 0.869. The third kappa shape index (κ3) is 4.14. The average Bonchev–Trinajstić information content (AvgIpc) is 2.87. The minimum Gasteiger partial charge on any atom is -0.480 e. The molecule has 6 nitrogen and oxygen atoms in total. The van der Waals surface area contributed by atoms with E-state index < -0.39 is 5.97 Å². The number of benzene rings is 1. The Morgan fingerprint density at radius 3 is 2.46 bits per heavy atom. The van der Waals surface area contributed by atoms with E-state index in [0.717, 1.165) is 5.69 Å². The van der Waals surface area contributed by atoms with E-state index in [1.807, 2.05) is 13.8 Å². The van der Waals surface area contributed by atoms with Gasteiger partial charge in [0.15, 0.2) is 0 Å². The fraction of sp³-hybridized carbons (Fsp3) is 0.353. The summed E-state index contributed by atoms with van der Waals surface area (Å²) in [4.78, 5) is 25.1. The number of aliphatic carboxylic acids is 1. The van der Waals surface area contributed by atoms with Gasteiger partial charge in [-0.15, -0.1) is 0 Å². The van der Waals surface area contributed by atoms with Crippen LogP contribution in [-0.2, 0) is 4.79 Å². The molecule has 2 aromatic rings. The minimum absolute atomic E-state index is 0.167. The lowest BCUT2D eigenvalue weighted by molar-refractivity contribution is -0.137. The molecule has 0 aliphatic carbocycles. The Bertz CT molecular complexity index is 738. The number of aromatic nitrogens is 2. The van der Waals surface area contributed by atoms with Crippen LogP contribution < -0.4 is 0 Å². The number of carboxylic acid groups (broad SMARTS) is 1. The van der Waals surface area contributed by atoms with Crippen LogP contribution >= 0.6 is 11.6 Å². The number of amides is 1. The van der Waals surface area contributed by atoms with E-state index in [2.05, 4.69) is 5.10 Å². The first-order valence-corrected chi connectivity index (χ1v) is 7.99. The molecular weight excluding hydrogens is 330 g/mol. The summed E-state index contributed by atoms with van der Waals surface area (Å²) in [5.74, 6) is -1.20. The number of hydrogen-bond acceptors (Lipinski definition) is 3. The maximum Gasteiger partial charge on any atom is 0.323 e. The summed E-state index contributed by atoms with van der Waals surface area (Å²) in [6.45, 7) is 5.70. The molecule has 24 heavy (non-hydrogen) atoms. The van der Waals surface area contributed by atoms with Gasteiger partial charge >= 0.3 is 5.97 Å². The van der Waals surface area contributed by atoms with Crippen LogP contribution in [0.2, 0.25) is 5.02 Å². The molecule has 0 atom stereocenters. The molecular formula is C17H20ClN3O3. The van der Waals surface area contributed by atoms with Gasteiger partial charge in [0.25, 0.3) is 5.91 Å². The standard InChI is InChI=1S/C17H20ClN3O3/c1-11(2)9-20(10-16(22)23)17(24)15-8-19-21(12(15)3)14-6-4-13(18)5-7-14/h4-8,11H,9-10H2,1-3H3,(H,22,23). The second-order valence-electron chi connectivity index (χ2n) is 6.01. The van der Waals surface area contributed by atoms with Gasteiger partial charge in [-0.3, -0.25) is 9.59 Å². The lowest BCUT2D eigenvalue weighted by Crippen LogP contribution is -2.38. The first-order valence-electron chi connectivity index (χ1n) is 7.61. The van der Waals surface area contributed by atoms with E-state index in [9.17, 15) is 9.59 Å². The van der Waals surface area contributed by atoms with Gasteiger partial charge in [-0.1, -0.05) is 25.4 Å². The predicted molar refractivity (Wildman–Crippen MR) is 91.7 cm³/mol. The molecule has 0 saturated carbocycles. The van der Waals surface area contributed by atoms with Gasteiger partial charge in [-0.05, 0) is 37.1 Å². The average molecular weight is 350 g/mol. The molecule has 0 bridgehead atoms. The Hall–Kier alpha value is -2.34. The minimum atomic E-state index is -1.04. The maximum atomic E-state index is 12.7. The largest absolute Gasteiger partial charge is 0.480 e. The lowest BCUT2D eigenvalue weighted by Gasteiger charge is -2.22. The monoisotopic (exact) mass is 349 g/mol. The molecule has 1 aromatic carbocycles. The number of carbonyl (C=O) groups is 2. The summed E-state index contributed by atoms with van der Waals surface area (Å²) < 4.78 is 1.64. The Kier molecular flexibility index (Phi) is 5.62. The topological polar surface area (TPSA) is 75.4 Å². The lowest BCUT2D eigenvalue weighted by atomic mass is 10.1. The number of halogens is 1. The second-order valence-corrected chi connectivity index (χ2v) is 6.44. The molecule has 1 aromatic heterocycles. The summed E-state index contributed by atoms with van der Waals surface area (Å²) in [5, 5.41) is 13.9. The molecule has 2 rings (SSSR count). The van der Waals surface area contributed by atoms with Crippen molar-refractivity contribution in [1.29, 1.82) is 0 Å². The number of carbonyl (C=O) groups excluding carboxylic acids is 1. The van der Waals surface area contributed by atoms with Gasteiger partial charge in [0.1, 0.15) is 6.54 Å². The zero-order chi connectivity index (χ0) is 17.9. The van der Waals surface area contributed by atoms with Crippen LogP contribution in [0.25, 0.3) is 5.69 Å². The molecule has 128 valence electrons. The highest BCUT2D eigenvalue weighted by Crippen LogP contribution is 2.18.